The second-order valence-electron chi connectivity index (χ2n) is 6.47. The summed E-state index contributed by atoms with van der Waals surface area (Å²) < 4.78 is 0. The molecular formula is C17H34IN5O. The van der Waals surface area contributed by atoms with Crippen LogP contribution in [0, 0.1) is 0 Å². The predicted octanol–water partition coefficient (Wildman–Crippen LogP) is 1.66. The minimum absolute atomic E-state index is 0. The fraction of sp³-hybridized carbons (Fsp3) is 0.882. The van der Waals surface area contributed by atoms with Crippen molar-refractivity contribution in [3.8, 4) is 0 Å². The van der Waals surface area contributed by atoms with E-state index in [9.17, 15) is 4.79 Å². The maximum absolute atomic E-state index is 12.0. The molecule has 2 N–H and O–H groups in total. The first-order chi connectivity index (χ1) is 11.3. The number of nitrogens with one attached hydrogen (secondary N) is 2. The number of rotatable bonds is 8. The number of carbonyl (C=O) groups excluding carboxylic acids is 1. The second-order valence-corrected chi connectivity index (χ2v) is 6.47. The summed E-state index contributed by atoms with van der Waals surface area (Å²) in [4.78, 5) is 20.9. The number of guanidine groups is 1. The monoisotopic (exact) mass is 451 g/mol. The molecule has 2 aliphatic heterocycles. The van der Waals surface area contributed by atoms with Gasteiger partial charge in [0.05, 0.1) is 0 Å². The quantitative estimate of drug-likeness (QED) is 0.255. The molecule has 140 valence electrons. The van der Waals surface area contributed by atoms with Crippen molar-refractivity contribution in [3.63, 3.8) is 0 Å². The molecule has 0 aromatic rings. The van der Waals surface area contributed by atoms with Crippen LogP contribution in [0.2, 0.25) is 0 Å². The number of likely N-dealkylation sites (tertiary alicyclic amines) is 2. The van der Waals surface area contributed by atoms with Crippen molar-refractivity contribution in [2.75, 3.05) is 52.4 Å². The third-order valence-corrected chi connectivity index (χ3v) is 4.57. The Kier molecular flexibility index (Phi) is 11.4. The topological polar surface area (TPSA) is 60.0 Å². The number of halogens is 1. The van der Waals surface area contributed by atoms with Gasteiger partial charge in [-0.15, -0.1) is 24.0 Å². The van der Waals surface area contributed by atoms with Gasteiger partial charge in [0.25, 0.3) is 0 Å². The molecule has 0 aliphatic carbocycles. The van der Waals surface area contributed by atoms with E-state index in [0.29, 0.717) is 0 Å². The van der Waals surface area contributed by atoms with Crippen molar-refractivity contribution in [3.05, 3.63) is 0 Å². The summed E-state index contributed by atoms with van der Waals surface area (Å²) >= 11 is 0. The third kappa shape index (κ3) is 8.00. The zero-order valence-corrected chi connectivity index (χ0v) is 17.4. The first-order valence-corrected chi connectivity index (χ1v) is 9.32. The number of unbranched alkanes of at least 4 members (excludes halogenated alkanes) is 1. The average Bonchev–Trinajstić information content (AvgIpc) is 3.25. The highest BCUT2D eigenvalue weighted by Gasteiger charge is 2.17. The molecule has 0 spiro atoms. The predicted molar refractivity (Wildman–Crippen MR) is 110 cm³/mol. The van der Waals surface area contributed by atoms with Crippen molar-refractivity contribution in [2.45, 2.75) is 45.4 Å². The van der Waals surface area contributed by atoms with E-state index in [4.69, 9.17) is 0 Å². The van der Waals surface area contributed by atoms with Gasteiger partial charge in [-0.25, -0.2) is 4.99 Å². The molecule has 0 aromatic heterocycles. The van der Waals surface area contributed by atoms with Crippen LogP contribution in [0.4, 0.5) is 0 Å². The third-order valence-electron chi connectivity index (χ3n) is 4.57. The van der Waals surface area contributed by atoms with E-state index in [1.54, 1.807) is 0 Å². The Hall–Kier alpha value is -0.570. The van der Waals surface area contributed by atoms with Crippen molar-refractivity contribution >= 4 is 35.8 Å². The number of hydrogen-bond acceptors (Lipinski definition) is 3. The van der Waals surface area contributed by atoms with Gasteiger partial charge >= 0.3 is 0 Å². The molecule has 7 heteroatoms. The molecule has 0 radical (unpaired) electrons. The van der Waals surface area contributed by atoms with E-state index >= 15 is 0 Å². The van der Waals surface area contributed by atoms with Crippen LogP contribution in [-0.2, 0) is 4.79 Å². The highest BCUT2D eigenvalue weighted by molar-refractivity contribution is 14.0. The summed E-state index contributed by atoms with van der Waals surface area (Å²) in [5.74, 6) is 0.912. The summed E-state index contributed by atoms with van der Waals surface area (Å²) in [7, 11) is 0. The van der Waals surface area contributed by atoms with Crippen LogP contribution >= 0.6 is 24.0 Å². The molecule has 6 nitrogen and oxygen atoms in total. The normalized spacial score (nSPS) is 18.5. The number of carbonyl (C=O) groups is 1. The van der Waals surface area contributed by atoms with E-state index in [-0.39, 0.29) is 36.4 Å². The lowest BCUT2D eigenvalue weighted by atomic mass is 10.3. The maximum Gasteiger partial charge on any atom is 0.244 e. The highest BCUT2D eigenvalue weighted by Crippen LogP contribution is 2.08. The summed E-state index contributed by atoms with van der Waals surface area (Å²) in [6.45, 7) is 9.59. The van der Waals surface area contributed by atoms with Crippen molar-refractivity contribution < 1.29 is 4.79 Å². The van der Waals surface area contributed by atoms with Crippen molar-refractivity contribution in [1.82, 2.24) is 20.4 Å². The molecule has 0 aromatic carbocycles. The molecule has 2 fully saturated rings. The van der Waals surface area contributed by atoms with Gasteiger partial charge in [-0.3, -0.25) is 4.79 Å². The first-order valence-electron chi connectivity index (χ1n) is 9.32. The largest absolute Gasteiger partial charge is 0.357 e. The molecule has 2 saturated heterocycles. The molecule has 2 aliphatic rings. The smallest absolute Gasteiger partial charge is 0.244 e. The Morgan fingerprint density at radius 2 is 1.67 bits per heavy atom. The van der Waals surface area contributed by atoms with Crippen LogP contribution in [-0.4, -0.2) is 74.0 Å². The Morgan fingerprint density at radius 3 is 2.33 bits per heavy atom. The molecule has 0 bridgehead atoms. The van der Waals surface area contributed by atoms with E-state index < -0.39 is 0 Å². The van der Waals surface area contributed by atoms with Gasteiger partial charge in [0.15, 0.2) is 5.96 Å². The maximum atomic E-state index is 12.0. The molecule has 0 saturated carbocycles. The average molecular weight is 451 g/mol. The van der Waals surface area contributed by atoms with Crippen LogP contribution in [0.3, 0.4) is 0 Å². The van der Waals surface area contributed by atoms with E-state index in [1.165, 1.54) is 38.9 Å². The molecule has 0 unspecified atom stereocenters. The lowest BCUT2D eigenvalue weighted by Crippen LogP contribution is -2.39. The van der Waals surface area contributed by atoms with Gasteiger partial charge in [-0.1, -0.05) is 0 Å². The summed E-state index contributed by atoms with van der Waals surface area (Å²) in [5, 5.41) is 6.56. The Morgan fingerprint density at radius 1 is 1.00 bits per heavy atom. The van der Waals surface area contributed by atoms with Crippen LogP contribution in [0.15, 0.2) is 4.99 Å². The number of nitrogens with zero attached hydrogens (tertiary/aromatic N) is 3. The highest BCUT2D eigenvalue weighted by atomic mass is 127. The lowest BCUT2D eigenvalue weighted by Gasteiger charge is -2.16. The second kappa shape index (κ2) is 12.7. The van der Waals surface area contributed by atoms with E-state index in [2.05, 4.69) is 20.5 Å². The molecule has 24 heavy (non-hydrogen) atoms. The fourth-order valence-electron chi connectivity index (χ4n) is 3.23. The first kappa shape index (κ1) is 21.5. The molecule has 2 heterocycles. The molecule has 0 atom stereocenters. The van der Waals surface area contributed by atoms with Crippen LogP contribution in [0.1, 0.15) is 45.4 Å². The van der Waals surface area contributed by atoms with Crippen molar-refractivity contribution in [1.29, 1.82) is 0 Å². The SMILES string of the molecule is CCNC(=NCC(=O)N1CCCC1)NCCCCN1CCCC1.I. The number of amides is 1. The standard InChI is InChI=1S/C17H33N5O.HI/c1-2-18-17(20-15-16(23)22-13-7-8-14-22)19-9-3-4-10-21-11-5-6-12-21;/h2-15H2,1H3,(H2,18,19,20);1H. The summed E-state index contributed by atoms with van der Waals surface area (Å²) in [5.41, 5.74) is 0. The van der Waals surface area contributed by atoms with Crippen LogP contribution in [0.5, 0.6) is 0 Å². The van der Waals surface area contributed by atoms with Gasteiger partial charge < -0.3 is 20.4 Å². The zero-order chi connectivity index (χ0) is 16.3. The molecule has 2 rings (SSSR count). The Balaban J connectivity index is 0.00000288. The number of aliphatic imine (C=N–C) groups is 1. The minimum atomic E-state index is 0. The summed E-state index contributed by atoms with van der Waals surface area (Å²) in [6.07, 6.45) is 7.34. The summed E-state index contributed by atoms with van der Waals surface area (Å²) in [6, 6.07) is 0. The van der Waals surface area contributed by atoms with E-state index in [1.807, 2.05) is 11.8 Å². The zero-order valence-electron chi connectivity index (χ0n) is 15.1. The van der Waals surface area contributed by atoms with Gasteiger partial charge in [0, 0.05) is 26.2 Å². The minimum Gasteiger partial charge on any atom is -0.357 e. The molecule has 1 amide bonds. The van der Waals surface area contributed by atoms with Gasteiger partial charge in [0.1, 0.15) is 6.54 Å². The van der Waals surface area contributed by atoms with Crippen molar-refractivity contribution in [2.24, 2.45) is 4.99 Å². The molecular weight excluding hydrogens is 417 g/mol. The Bertz CT molecular complexity index is 379. The van der Waals surface area contributed by atoms with Crippen LogP contribution < -0.4 is 10.6 Å². The van der Waals surface area contributed by atoms with Gasteiger partial charge in [-0.05, 0) is 65.1 Å². The van der Waals surface area contributed by atoms with Crippen LogP contribution in [0.25, 0.3) is 0 Å². The van der Waals surface area contributed by atoms with E-state index in [0.717, 1.165) is 51.4 Å². The lowest BCUT2D eigenvalue weighted by molar-refractivity contribution is -0.128. The number of hydrogen-bond donors (Lipinski definition) is 2. The Labute approximate surface area is 163 Å². The fourth-order valence-corrected chi connectivity index (χ4v) is 3.23. The van der Waals surface area contributed by atoms with Gasteiger partial charge in [-0.2, -0.15) is 0 Å². The van der Waals surface area contributed by atoms with Gasteiger partial charge in [0.2, 0.25) is 5.91 Å².